The van der Waals surface area contributed by atoms with Crippen molar-refractivity contribution in [1.29, 1.82) is 0 Å². The number of likely N-dealkylation sites (tertiary alicyclic amines) is 1. The molecule has 0 spiro atoms. The van der Waals surface area contributed by atoms with Gasteiger partial charge in [-0.3, -0.25) is 14.6 Å². The predicted molar refractivity (Wildman–Crippen MR) is 74.6 cm³/mol. The van der Waals surface area contributed by atoms with Gasteiger partial charge in [0.1, 0.15) is 0 Å². The SMILES string of the molecule is c1ccc(C2CCCCN2CCn2cccn2)nc1. The Hall–Kier alpha value is -1.68. The van der Waals surface area contributed by atoms with Crippen LogP contribution in [0.15, 0.2) is 42.9 Å². The monoisotopic (exact) mass is 256 g/mol. The van der Waals surface area contributed by atoms with Crippen molar-refractivity contribution in [3.8, 4) is 0 Å². The standard InChI is InChI=1S/C15H20N4/c1-3-8-16-14(6-1)15-7-2-4-10-18(15)12-13-19-11-5-9-17-19/h1,3,5-6,8-9,11,15H,2,4,7,10,12-13H2. The van der Waals surface area contributed by atoms with E-state index in [0.29, 0.717) is 6.04 Å². The van der Waals surface area contributed by atoms with Crippen LogP contribution in [0.1, 0.15) is 31.0 Å². The maximum absolute atomic E-state index is 4.53. The summed E-state index contributed by atoms with van der Waals surface area (Å²) >= 11 is 0. The van der Waals surface area contributed by atoms with E-state index in [4.69, 9.17) is 0 Å². The maximum Gasteiger partial charge on any atom is 0.0575 e. The third-order valence-corrected chi connectivity index (χ3v) is 3.82. The van der Waals surface area contributed by atoms with E-state index in [1.165, 1.54) is 31.5 Å². The molecule has 0 saturated carbocycles. The van der Waals surface area contributed by atoms with Crippen LogP contribution in [0, 0.1) is 0 Å². The average molecular weight is 256 g/mol. The molecule has 19 heavy (non-hydrogen) atoms. The quantitative estimate of drug-likeness (QED) is 0.843. The minimum atomic E-state index is 0.477. The minimum Gasteiger partial charge on any atom is -0.293 e. The van der Waals surface area contributed by atoms with E-state index in [2.05, 4.69) is 27.1 Å². The highest BCUT2D eigenvalue weighted by atomic mass is 15.3. The molecule has 1 unspecified atom stereocenters. The number of aromatic nitrogens is 3. The Kier molecular flexibility index (Phi) is 3.89. The van der Waals surface area contributed by atoms with E-state index in [9.17, 15) is 0 Å². The number of hydrogen-bond donors (Lipinski definition) is 0. The molecule has 1 aliphatic heterocycles. The van der Waals surface area contributed by atoms with Gasteiger partial charge < -0.3 is 0 Å². The lowest BCUT2D eigenvalue weighted by molar-refractivity contribution is 0.138. The Labute approximate surface area is 114 Å². The second-order valence-electron chi connectivity index (χ2n) is 5.07. The van der Waals surface area contributed by atoms with Crippen molar-refractivity contribution in [2.45, 2.75) is 31.8 Å². The van der Waals surface area contributed by atoms with Gasteiger partial charge in [-0.05, 0) is 37.6 Å². The van der Waals surface area contributed by atoms with E-state index in [1.54, 1.807) is 0 Å². The summed E-state index contributed by atoms with van der Waals surface area (Å²) in [5.41, 5.74) is 1.21. The number of nitrogens with zero attached hydrogens (tertiary/aromatic N) is 4. The van der Waals surface area contributed by atoms with Crippen molar-refractivity contribution in [2.24, 2.45) is 0 Å². The molecule has 100 valence electrons. The van der Waals surface area contributed by atoms with Gasteiger partial charge in [0.15, 0.2) is 0 Å². The third kappa shape index (κ3) is 3.01. The molecule has 0 radical (unpaired) electrons. The Bertz CT molecular complexity index is 480. The summed E-state index contributed by atoms with van der Waals surface area (Å²) in [6.07, 6.45) is 9.58. The Morgan fingerprint density at radius 2 is 2.11 bits per heavy atom. The van der Waals surface area contributed by atoms with Crippen LogP contribution < -0.4 is 0 Å². The molecule has 1 aliphatic rings. The molecule has 3 heterocycles. The molecule has 3 rings (SSSR count). The number of rotatable bonds is 4. The molecule has 0 aromatic carbocycles. The van der Waals surface area contributed by atoms with Crippen molar-refractivity contribution in [3.63, 3.8) is 0 Å². The highest BCUT2D eigenvalue weighted by Gasteiger charge is 2.24. The lowest BCUT2D eigenvalue weighted by Gasteiger charge is -2.35. The fraction of sp³-hybridized carbons (Fsp3) is 0.467. The van der Waals surface area contributed by atoms with Gasteiger partial charge in [-0.1, -0.05) is 12.5 Å². The first-order valence-electron chi connectivity index (χ1n) is 7.06. The first kappa shape index (κ1) is 12.4. The Morgan fingerprint density at radius 3 is 2.89 bits per heavy atom. The molecule has 0 N–H and O–H groups in total. The van der Waals surface area contributed by atoms with Gasteiger partial charge in [0.05, 0.1) is 18.3 Å². The topological polar surface area (TPSA) is 34.0 Å². The predicted octanol–water partition coefficient (Wildman–Crippen LogP) is 2.51. The molecule has 0 bridgehead atoms. The van der Waals surface area contributed by atoms with Gasteiger partial charge in [-0.2, -0.15) is 5.10 Å². The van der Waals surface area contributed by atoms with Crippen LogP contribution >= 0.6 is 0 Å². The van der Waals surface area contributed by atoms with Gasteiger partial charge in [0.25, 0.3) is 0 Å². The first-order valence-corrected chi connectivity index (χ1v) is 7.06. The number of hydrogen-bond acceptors (Lipinski definition) is 3. The number of piperidine rings is 1. The zero-order valence-corrected chi connectivity index (χ0v) is 11.2. The highest BCUT2D eigenvalue weighted by molar-refractivity contribution is 5.09. The molecule has 1 atom stereocenters. The molecule has 2 aromatic heterocycles. The summed E-state index contributed by atoms with van der Waals surface area (Å²) < 4.78 is 2.00. The van der Waals surface area contributed by atoms with Crippen molar-refractivity contribution in [1.82, 2.24) is 19.7 Å². The second-order valence-corrected chi connectivity index (χ2v) is 5.07. The van der Waals surface area contributed by atoms with Crippen molar-refractivity contribution >= 4 is 0 Å². The van der Waals surface area contributed by atoms with Crippen molar-refractivity contribution in [2.75, 3.05) is 13.1 Å². The van der Waals surface area contributed by atoms with E-state index in [0.717, 1.165) is 13.1 Å². The van der Waals surface area contributed by atoms with Crippen LogP contribution in [0.25, 0.3) is 0 Å². The van der Waals surface area contributed by atoms with Gasteiger partial charge >= 0.3 is 0 Å². The smallest absolute Gasteiger partial charge is 0.0575 e. The molecule has 0 aliphatic carbocycles. The van der Waals surface area contributed by atoms with Crippen LogP contribution in [-0.4, -0.2) is 32.8 Å². The van der Waals surface area contributed by atoms with Gasteiger partial charge in [-0.15, -0.1) is 0 Å². The van der Waals surface area contributed by atoms with Gasteiger partial charge in [0, 0.05) is 25.1 Å². The summed E-state index contributed by atoms with van der Waals surface area (Å²) in [4.78, 5) is 7.08. The van der Waals surface area contributed by atoms with Crippen molar-refractivity contribution in [3.05, 3.63) is 48.5 Å². The largest absolute Gasteiger partial charge is 0.293 e. The lowest BCUT2D eigenvalue weighted by Crippen LogP contribution is -2.36. The van der Waals surface area contributed by atoms with Gasteiger partial charge in [0.2, 0.25) is 0 Å². The van der Waals surface area contributed by atoms with Crippen molar-refractivity contribution < 1.29 is 0 Å². The summed E-state index contributed by atoms with van der Waals surface area (Å²) in [6.45, 7) is 3.17. The van der Waals surface area contributed by atoms with Crippen LogP contribution in [0.3, 0.4) is 0 Å². The normalized spacial score (nSPS) is 20.5. The third-order valence-electron chi connectivity index (χ3n) is 3.82. The molecular weight excluding hydrogens is 236 g/mol. The first-order chi connectivity index (χ1) is 9.43. The molecule has 4 nitrogen and oxygen atoms in total. The molecular formula is C15H20N4. The summed E-state index contributed by atoms with van der Waals surface area (Å²) in [5, 5.41) is 4.27. The summed E-state index contributed by atoms with van der Waals surface area (Å²) in [5.74, 6) is 0. The summed E-state index contributed by atoms with van der Waals surface area (Å²) in [7, 11) is 0. The Balaban J connectivity index is 1.67. The molecule has 0 amide bonds. The van der Waals surface area contributed by atoms with E-state index >= 15 is 0 Å². The minimum absolute atomic E-state index is 0.477. The molecule has 2 aromatic rings. The fourth-order valence-corrected chi connectivity index (χ4v) is 2.83. The lowest BCUT2D eigenvalue weighted by atomic mass is 9.99. The average Bonchev–Trinajstić information content (AvgIpc) is 3.00. The van der Waals surface area contributed by atoms with Crippen LogP contribution in [-0.2, 0) is 6.54 Å². The van der Waals surface area contributed by atoms with Crippen LogP contribution in [0.4, 0.5) is 0 Å². The van der Waals surface area contributed by atoms with E-state index in [-0.39, 0.29) is 0 Å². The van der Waals surface area contributed by atoms with E-state index < -0.39 is 0 Å². The second kappa shape index (κ2) is 5.97. The number of pyridine rings is 1. The fourth-order valence-electron chi connectivity index (χ4n) is 2.83. The molecule has 1 fully saturated rings. The highest BCUT2D eigenvalue weighted by Crippen LogP contribution is 2.29. The van der Waals surface area contributed by atoms with Crippen LogP contribution in [0.2, 0.25) is 0 Å². The molecule has 4 heteroatoms. The zero-order chi connectivity index (χ0) is 12.9. The Morgan fingerprint density at radius 1 is 1.11 bits per heavy atom. The maximum atomic E-state index is 4.53. The van der Waals surface area contributed by atoms with Crippen LogP contribution in [0.5, 0.6) is 0 Å². The summed E-state index contributed by atoms with van der Waals surface area (Å²) in [6, 6.07) is 8.68. The van der Waals surface area contributed by atoms with E-state index in [1.807, 2.05) is 35.4 Å². The molecule has 1 saturated heterocycles. The zero-order valence-electron chi connectivity index (χ0n) is 11.2. The van der Waals surface area contributed by atoms with Gasteiger partial charge in [-0.25, -0.2) is 0 Å².